The summed E-state index contributed by atoms with van der Waals surface area (Å²) in [5, 5.41) is 8.73. The number of carboxylic acid groups (broad SMARTS) is 1. The van der Waals surface area contributed by atoms with E-state index in [1.165, 1.54) is 0 Å². The van der Waals surface area contributed by atoms with Crippen LogP contribution in [0.15, 0.2) is 0 Å². The first-order chi connectivity index (χ1) is 8.47. The molecule has 1 atom stereocenters. The molecule has 5 heteroatoms. The van der Waals surface area contributed by atoms with Gasteiger partial charge in [-0.15, -0.1) is 0 Å². The molecule has 1 aliphatic carbocycles. The minimum absolute atomic E-state index is 0.0260. The summed E-state index contributed by atoms with van der Waals surface area (Å²) in [6, 6.07) is 0.432. The number of hydrogen-bond acceptors (Lipinski definition) is 2. The average Bonchev–Trinajstić information content (AvgIpc) is 3.12. The Morgan fingerprint density at radius 3 is 2.44 bits per heavy atom. The lowest BCUT2D eigenvalue weighted by molar-refractivity contribution is -0.137. The van der Waals surface area contributed by atoms with Crippen molar-refractivity contribution in [2.75, 3.05) is 13.6 Å². The van der Waals surface area contributed by atoms with Gasteiger partial charge in [-0.05, 0) is 26.2 Å². The van der Waals surface area contributed by atoms with Crippen LogP contribution in [-0.2, 0) is 4.79 Å². The molecule has 1 N–H and O–H groups in total. The van der Waals surface area contributed by atoms with Gasteiger partial charge in [0.15, 0.2) is 0 Å². The van der Waals surface area contributed by atoms with Gasteiger partial charge in [-0.3, -0.25) is 4.79 Å². The third-order valence-corrected chi connectivity index (χ3v) is 3.47. The zero-order valence-corrected chi connectivity index (χ0v) is 11.6. The number of amides is 2. The van der Waals surface area contributed by atoms with Gasteiger partial charge in [0, 0.05) is 25.7 Å². The summed E-state index contributed by atoms with van der Waals surface area (Å²) >= 11 is 0. The molecule has 0 spiro atoms. The van der Waals surface area contributed by atoms with E-state index in [0.717, 1.165) is 25.7 Å². The van der Waals surface area contributed by atoms with Crippen molar-refractivity contribution in [2.24, 2.45) is 0 Å². The Kier molecular flexibility index (Phi) is 5.44. The molecule has 104 valence electrons. The third kappa shape index (κ3) is 4.20. The molecule has 0 bridgehead atoms. The molecule has 0 radical (unpaired) electrons. The smallest absolute Gasteiger partial charge is 0.320 e. The number of aliphatic carboxylic acids is 1. The van der Waals surface area contributed by atoms with E-state index in [1.807, 2.05) is 6.92 Å². The Bertz CT molecular complexity index is 303. The van der Waals surface area contributed by atoms with E-state index in [1.54, 1.807) is 16.8 Å². The van der Waals surface area contributed by atoms with Crippen molar-refractivity contribution < 1.29 is 14.7 Å². The maximum atomic E-state index is 12.3. The van der Waals surface area contributed by atoms with E-state index in [9.17, 15) is 9.59 Å². The van der Waals surface area contributed by atoms with Crippen LogP contribution in [-0.4, -0.2) is 52.6 Å². The van der Waals surface area contributed by atoms with E-state index < -0.39 is 5.97 Å². The first-order valence-electron chi connectivity index (χ1n) is 6.72. The van der Waals surface area contributed by atoms with Gasteiger partial charge in [-0.25, -0.2) is 4.79 Å². The maximum Gasteiger partial charge on any atom is 0.320 e. The number of carbonyl (C=O) groups is 2. The fourth-order valence-corrected chi connectivity index (χ4v) is 2.04. The number of rotatable bonds is 7. The number of hydrogen-bond donors (Lipinski definition) is 1. The number of carbonyl (C=O) groups excluding carboxylic acids is 1. The van der Waals surface area contributed by atoms with Crippen molar-refractivity contribution in [2.45, 2.75) is 58.0 Å². The highest BCUT2D eigenvalue weighted by molar-refractivity contribution is 5.76. The first-order valence-corrected chi connectivity index (χ1v) is 6.72. The summed E-state index contributed by atoms with van der Waals surface area (Å²) in [5.74, 6) is -0.849. The Morgan fingerprint density at radius 1 is 1.39 bits per heavy atom. The third-order valence-electron chi connectivity index (χ3n) is 3.47. The van der Waals surface area contributed by atoms with Crippen molar-refractivity contribution in [3.63, 3.8) is 0 Å². The van der Waals surface area contributed by atoms with Crippen LogP contribution >= 0.6 is 0 Å². The second kappa shape index (κ2) is 6.61. The van der Waals surface area contributed by atoms with Crippen molar-refractivity contribution in [3.05, 3.63) is 0 Å². The van der Waals surface area contributed by atoms with Crippen molar-refractivity contribution in [1.82, 2.24) is 9.80 Å². The predicted molar refractivity (Wildman–Crippen MR) is 69.5 cm³/mol. The van der Waals surface area contributed by atoms with Crippen LogP contribution in [0.1, 0.15) is 46.0 Å². The Morgan fingerprint density at radius 2 is 2.00 bits per heavy atom. The highest BCUT2D eigenvalue weighted by Gasteiger charge is 2.34. The molecule has 1 fully saturated rings. The fraction of sp³-hybridized carbons (Fsp3) is 0.846. The van der Waals surface area contributed by atoms with E-state index >= 15 is 0 Å². The van der Waals surface area contributed by atoms with Crippen LogP contribution in [0.4, 0.5) is 4.79 Å². The highest BCUT2D eigenvalue weighted by Crippen LogP contribution is 2.28. The minimum atomic E-state index is -0.849. The van der Waals surface area contributed by atoms with Gasteiger partial charge in [0.25, 0.3) is 0 Å². The van der Waals surface area contributed by atoms with Crippen LogP contribution < -0.4 is 0 Å². The summed E-state index contributed by atoms with van der Waals surface area (Å²) < 4.78 is 0. The largest absolute Gasteiger partial charge is 0.481 e. The number of urea groups is 1. The summed E-state index contributed by atoms with van der Waals surface area (Å²) in [6.45, 7) is 4.45. The molecule has 1 rings (SSSR count). The van der Waals surface area contributed by atoms with Crippen LogP contribution in [0.2, 0.25) is 0 Å². The second-order valence-corrected chi connectivity index (χ2v) is 5.10. The van der Waals surface area contributed by atoms with Crippen molar-refractivity contribution in [1.29, 1.82) is 0 Å². The van der Waals surface area contributed by atoms with Gasteiger partial charge >= 0.3 is 12.0 Å². The summed E-state index contributed by atoms with van der Waals surface area (Å²) in [7, 11) is 1.80. The van der Waals surface area contributed by atoms with Gasteiger partial charge in [-0.1, -0.05) is 13.3 Å². The second-order valence-electron chi connectivity index (χ2n) is 5.10. The molecular weight excluding hydrogens is 232 g/mol. The van der Waals surface area contributed by atoms with Crippen LogP contribution in [0, 0.1) is 0 Å². The SMILES string of the molecule is CCCC(C)N(C)C(=O)N(CCC(=O)O)C1CC1. The van der Waals surface area contributed by atoms with E-state index in [4.69, 9.17) is 5.11 Å². The average molecular weight is 256 g/mol. The van der Waals surface area contributed by atoms with Gasteiger partial charge in [0.05, 0.1) is 6.42 Å². The van der Waals surface area contributed by atoms with Crippen LogP contribution in [0.5, 0.6) is 0 Å². The zero-order valence-electron chi connectivity index (χ0n) is 11.6. The minimum Gasteiger partial charge on any atom is -0.481 e. The normalized spacial score (nSPS) is 16.2. The highest BCUT2D eigenvalue weighted by atomic mass is 16.4. The lowest BCUT2D eigenvalue weighted by Crippen LogP contribution is -2.46. The molecule has 0 saturated heterocycles. The van der Waals surface area contributed by atoms with Gasteiger partial charge in [0.2, 0.25) is 0 Å². The Labute approximate surface area is 109 Å². The van der Waals surface area contributed by atoms with E-state index in [2.05, 4.69) is 6.92 Å². The molecule has 0 heterocycles. The molecule has 0 aliphatic heterocycles. The summed E-state index contributed by atoms with van der Waals surface area (Å²) in [4.78, 5) is 26.4. The van der Waals surface area contributed by atoms with Crippen molar-refractivity contribution >= 4 is 12.0 Å². The van der Waals surface area contributed by atoms with E-state index in [0.29, 0.717) is 6.54 Å². The molecule has 0 aromatic heterocycles. The summed E-state index contributed by atoms with van der Waals surface area (Å²) in [5.41, 5.74) is 0. The van der Waals surface area contributed by atoms with Gasteiger partial charge in [-0.2, -0.15) is 0 Å². The van der Waals surface area contributed by atoms with E-state index in [-0.39, 0.29) is 24.5 Å². The van der Waals surface area contributed by atoms with Crippen LogP contribution in [0.3, 0.4) is 0 Å². The molecular formula is C13H24N2O3. The fourth-order valence-electron chi connectivity index (χ4n) is 2.04. The molecule has 2 amide bonds. The monoisotopic (exact) mass is 256 g/mol. The lowest BCUT2D eigenvalue weighted by Gasteiger charge is -2.31. The molecule has 1 unspecified atom stereocenters. The number of nitrogens with zero attached hydrogens (tertiary/aromatic N) is 2. The Balaban J connectivity index is 2.55. The quantitative estimate of drug-likeness (QED) is 0.759. The van der Waals surface area contributed by atoms with Gasteiger partial charge < -0.3 is 14.9 Å². The maximum absolute atomic E-state index is 12.3. The lowest BCUT2D eigenvalue weighted by atomic mass is 10.2. The molecule has 18 heavy (non-hydrogen) atoms. The Hall–Kier alpha value is -1.26. The van der Waals surface area contributed by atoms with Gasteiger partial charge in [0.1, 0.15) is 0 Å². The van der Waals surface area contributed by atoms with Crippen LogP contribution in [0.25, 0.3) is 0 Å². The molecule has 1 saturated carbocycles. The molecule has 0 aromatic carbocycles. The molecule has 0 aromatic rings. The zero-order chi connectivity index (χ0) is 13.7. The summed E-state index contributed by atoms with van der Waals surface area (Å²) in [6.07, 6.45) is 4.04. The predicted octanol–water partition coefficient (Wildman–Crippen LogP) is 2.17. The standard InChI is InChI=1S/C13H24N2O3/c1-4-5-10(2)14(3)13(18)15(11-6-7-11)9-8-12(16)17/h10-11H,4-9H2,1-3H3,(H,16,17). The molecule has 5 nitrogen and oxygen atoms in total. The topological polar surface area (TPSA) is 60.9 Å². The number of carboxylic acids is 1. The van der Waals surface area contributed by atoms with Crippen molar-refractivity contribution in [3.8, 4) is 0 Å². The first kappa shape index (κ1) is 14.8. The molecule has 1 aliphatic rings.